The standard InChI is InChI=1S/C18H24N2O4S/c21-18(16-4-2-1-3-5-16)19-14-15-6-8-17(9-7-15)25(22,23)20-10-12-24-13-11-20/h1-2,6-9,16H,3-5,10-14H2,(H,19,21). The minimum atomic E-state index is -3.47. The number of benzene rings is 1. The fourth-order valence-electron chi connectivity index (χ4n) is 3.08. The molecule has 1 aromatic rings. The van der Waals surface area contributed by atoms with Crippen molar-refractivity contribution in [1.82, 2.24) is 9.62 Å². The van der Waals surface area contributed by atoms with Crippen molar-refractivity contribution in [2.45, 2.75) is 30.7 Å². The molecule has 0 aromatic heterocycles. The van der Waals surface area contributed by atoms with E-state index in [9.17, 15) is 13.2 Å². The van der Waals surface area contributed by atoms with Crippen molar-refractivity contribution in [1.29, 1.82) is 0 Å². The minimum absolute atomic E-state index is 0.0472. The third-order valence-electron chi connectivity index (χ3n) is 4.64. The molecule has 1 aliphatic carbocycles. The Kier molecular flexibility index (Phi) is 5.88. The molecule has 1 aliphatic heterocycles. The van der Waals surface area contributed by atoms with Crippen LogP contribution in [0.15, 0.2) is 41.3 Å². The van der Waals surface area contributed by atoms with Gasteiger partial charge in [-0.15, -0.1) is 0 Å². The van der Waals surface area contributed by atoms with Crippen LogP contribution in [0.1, 0.15) is 24.8 Å². The average Bonchev–Trinajstić information content (AvgIpc) is 2.68. The topological polar surface area (TPSA) is 75.7 Å². The molecular formula is C18H24N2O4S. The van der Waals surface area contributed by atoms with Gasteiger partial charge in [0.2, 0.25) is 15.9 Å². The molecule has 1 unspecified atom stereocenters. The Labute approximate surface area is 148 Å². The first-order valence-electron chi connectivity index (χ1n) is 8.67. The number of allylic oxidation sites excluding steroid dienone is 2. The lowest BCUT2D eigenvalue weighted by Crippen LogP contribution is -2.40. The molecular weight excluding hydrogens is 340 g/mol. The molecule has 0 saturated carbocycles. The van der Waals surface area contributed by atoms with Gasteiger partial charge in [-0.25, -0.2) is 8.42 Å². The summed E-state index contributed by atoms with van der Waals surface area (Å²) < 4.78 is 31.8. The van der Waals surface area contributed by atoms with Crippen molar-refractivity contribution in [2.75, 3.05) is 26.3 Å². The summed E-state index contributed by atoms with van der Waals surface area (Å²) in [6, 6.07) is 6.73. The van der Waals surface area contributed by atoms with Gasteiger partial charge in [-0.2, -0.15) is 4.31 Å². The van der Waals surface area contributed by atoms with Crippen molar-refractivity contribution in [3.8, 4) is 0 Å². The van der Waals surface area contributed by atoms with Gasteiger partial charge >= 0.3 is 0 Å². The summed E-state index contributed by atoms with van der Waals surface area (Å²) in [5, 5.41) is 2.94. The van der Waals surface area contributed by atoms with Crippen LogP contribution in [0.5, 0.6) is 0 Å². The van der Waals surface area contributed by atoms with E-state index >= 15 is 0 Å². The van der Waals surface area contributed by atoms with Crippen LogP contribution in [0.25, 0.3) is 0 Å². The first kappa shape index (κ1) is 18.1. The summed E-state index contributed by atoms with van der Waals surface area (Å²) in [6.07, 6.45) is 6.80. The number of rotatable bonds is 5. The summed E-state index contributed by atoms with van der Waals surface area (Å²) in [4.78, 5) is 12.4. The maximum atomic E-state index is 12.6. The molecule has 0 bridgehead atoms. The Bertz CT molecular complexity index is 722. The van der Waals surface area contributed by atoms with E-state index in [1.54, 1.807) is 24.3 Å². The summed E-state index contributed by atoms with van der Waals surface area (Å²) in [5.74, 6) is 0.111. The number of ether oxygens (including phenoxy) is 1. The van der Waals surface area contributed by atoms with Gasteiger partial charge in [0.1, 0.15) is 0 Å². The maximum Gasteiger partial charge on any atom is 0.243 e. The lowest BCUT2D eigenvalue weighted by molar-refractivity contribution is -0.125. The fraction of sp³-hybridized carbons (Fsp3) is 0.500. The van der Waals surface area contributed by atoms with E-state index in [4.69, 9.17) is 4.74 Å². The highest BCUT2D eigenvalue weighted by atomic mass is 32.2. The molecule has 1 heterocycles. The van der Waals surface area contributed by atoms with Crippen molar-refractivity contribution >= 4 is 15.9 Å². The number of morpholine rings is 1. The Morgan fingerprint density at radius 2 is 1.88 bits per heavy atom. The van der Waals surface area contributed by atoms with Crippen LogP contribution in [-0.2, 0) is 26.1 Å². The predicted octanol–water partition coefficient (Wildman–Crippen LogP) is 1.68. The van der Waals surface area contributed by atoms with Crippen LogP contribution in [0.3, 0.4) is 0 Å². The third kappa shape index (κ3) is 4.48. The molecule has 1 N–H and O–H groups in total. The number of hydrogen-bond donors (Lipinski definition) is 1. The van der Waals surface area contributed by atoms with Gasteiger partial charge < -0.3 is 10.1 Å². The Morgan fingerprint density at radius 1 is 1.16 bits per heavy atom. The highest BCUT2D eigenvalue weighted by molar-refractivity contribution is 7.89. The average molecular weight is 364 g/mol. The molecule has 136 valence electrons. The molecule has 1 atom stereocenters. The molecule has 1 fully saturated rings. The van der Waals surface area contributed by atoms with Gasteiger partial charge in [-0.1, -0.05) is 24.3 Å². The highest BCUT2D eigenvalue weighted by Crippen LogP contribution is 2.19. The third-order valence-corrected chi connectivity index (χ3v) is 6.55. The van der Waals surface area contributed by atoms with Crippen LogP contribution in [0.2, 0.25) is 0 Å². The molecule has 25 heavy (non-hydrogen) atoms. The van der Waals surface area contributed by atoms with E-state index in [1.807, 2.05) is 0 Å². The van der Waals surface area contributed by atoms with E-state index in [1.165, 1.54) is 4.31 Å². The molecule has 0 radical (unpaired) electrons. The molecule has 1 aromatic carbocycles. The SMILES string of the molecule is O=C(NCc1ccc(S(=O)(=O)N2CCOCC2)cc1)C1CC=CCC1. The van der Waals surface area contributed by atoms with E-state index in [2.05, 4.69) is 17.5 Å². The summed E-state index contributed by atoms with van der Waals surface area (Å²) in [7, 11) is -3.47. The summed E-state index contributed by atoms with van der Waals surface area (Å²) in [6.45, 7) is 2.04. The van der Waals surface area contributed by atoms with Crippen LogP contribution >= 0.6 is 0 Å². The first-order chi connectivity index (χ1) is 12.1. The smallest absolute Gasteiger partial charge is 0.243 e. The quantitative estimate of drug-likeness (QED) is 0.807. The van der Waals surface area contributed by atoms with Crippen LogP contribution in [0, 0.1) is 5.92 Å². The largest absolute Gasteiger partial charge is 0.379 e. The fourth-order valence-corrected chi connectivity index (χ4v) is 4.49. The normalized spacial score (nSPS) is 21.8. The Morgan fingerprint density at radius 3 is 2.52 bits per heavy atom. The predicted molar refractivity (Wildman–Crippen MR) is 94.3 cm³/mol. The molecule has 2 aliphatic rings. The monoisotopic (exact) mass is 364 g/mol. The number of nitrogens with zero attached hydrogens (tertiary/aromatic N) is 1. The van der Waals surface area contributed by atoms with Crippen molar-refractivity contribution in [3.05, 3.63) is 42.0 Å². The second kappa shape index (κ2) is 8.12. The maximum absolute atomic E-state index is 12.6. The van der Waals surface area contributed by atoms with Gasteiger partial charge in [-0.05, 0) is 37.0 Å². The molecule has 7 heteroatoms. The molecule has 1 amide bonds. The van der Waals surface area contributed by atoms with Gasteiger partial charge in [0, 0.05) is 25.6 Å². The van der Waals surface area contributed by atoms with E-state index < -0.39 is 10.0 Å². The van der Waals surface area contributed by atoms with Gasteiger partial charge in [-0.3, -0.25) is 4.79 Å². The molecule has 6 nitrogen and oxygen atoms in total. The second-order valence-corrected chi connectivity index (χ2v) is 8.30. The Hall–Kier alpha value is -1.70. The van der Waals surface area contributed by atoms with E-state index in [0.717, 1.165) is 24.8 Å². The number of sulfonamides is 1. The molecule has 0 spiro atoms. The number of nitrogens with one attached hydrogen (secondary N) is 1. The number of carbonyl (C=O) groups is 1. The zero-order chi connectivity index (χ0) is 17.7. The zero-order valence-electron chi connectivity index (χ0n) is 14.2. The summed E-state index contributed by atoms with van der Waals surface area (Å²) in [5.41, 5.74) is 0.889. The van der Waals surface area contributed by atoms with Crippen LogP contribution in [0.4, 0.5) is 0 Å². The van der Waals surface area contributed by atoms with Gasteiger partial charge in [0.15, 0.2) is 0 Å². The van der Waals surface area contributed by atoms with Crippen LogP contribution < -0.4 is 5.32 Å². The van der Waals surface area contributed by atoms with Crippen molar-refractivity contribution < 1.29 is 17.9 Å². The second-order valence-electron chi connectivity index (χ2n) is 6.36. The number of hydrogen-bond acceptors (Lipinski definition) is 4. The van der Waals surface area contributed by atoms with Gasteiger partial charge in [0.05, 0.1) is 18.1 Å². The first-order valence-corrected chi connectivity index (χ1v) is 10.1. The lowest BCUT2D eigenvalue weighted by atomic mass is 9.93. The minimum Gasteiger partial charge on any atom is -0.379 e. The van der Waals surface area contributed by atoms with Crippen molar-refractivity contribution in [3.63, 3.8) is 0 Å². The number of amides is 1. The van der Waals surface area contributed by atoms with Crippen molar-refractivity contribution in [2.24, 2.45) is 5.92 Å². The Balaban J connectivity index is 1.58. The highest BCUT2D eigenvalue weighted by Gasteiger charge is 2.26. The van der Waals surface area contributed by atoms with Gasteiger partial charge in [0.25, 0.3) is 0 Å². The summed E-state index contributed by atoms with van der Waals surface area (Å²) >= 11 is 0. The zero-order valence-corrected chi connectivity index (χ0v) is 15.0. The lowest BCUT2D eigenvalue weighted by Gasteiger charge is -2.26. The number of carbonyl (C=O) groups excluding carboxylic acids is 1. The van der Waals surface area contributed by atoms with E-state index in [0.29, 0.717) is 32.8 Å². The molecule has 1 saturated heterocycles. The van der Waals surface area contributed by atoms with Crippen LogP contribution in [-0.4, -0.2) is 44.9 Å². The van der Waals surface area contributed by atoms with E-state index in [-0.39, 0.29) is 16.7 Å². The molecule has 3 rings (SSSR count).